The van der Waals surface area contributed by atoms with Crippen molar-refractivity contribution in [3.8, 4) is 17.1 Å². The van der Waals surface area contributed by atoms with Gasteiger partial charge in [-0.2, -0.15) is 38.1 Å². The van der Waals surface area contributed by atoms with E-state index in [4.69, 9.17) is 25.4 Å². The quantitative estimate of drug-likeness (QED) is 0.150. The number of benzene rings is 2. The van der Waals surface area contributed by atoms with Gasteiger partial charge in [-0.15, -0.1) is 0 Å². The van der Waals surface area contributed by atoms with Crippen LogP contribution in [0.2, 0.25) is 5.02 Å². The lowest BCUT2D eigenvalue weighted by atomic mass is 10.2. The highest BCUT2D eigenvalue weighted by molar-refractivity contribution is 7.88. The molecule has 2 aliphatic heterocycles. The second kappa shape index (κ2) is 19.6. The Hall–Kier alpha value is -6.29. The van der Waals surface area contributed by atoms with Crippen molar-refractivity contribution in [2.75, 3.05) is 68.8 Å². The third-order valence-corrected chi connectivity index (χ3v) is 15.2. The summed E-state index contributed by atoms with van der Waals surface area (Å²) in [4.78, 5) is 37.5. The van der Waals surface area contributed by atoms with Gasteiger partial charge in [-0.05, 0) is 51.0 Å². The number of hydrogen-bond acceptors (Lipinski definition) is 17. The Kier molecular flexibility index (Phi) is 14.0. The van der Waals surface area contributed by atoms with Crippen LogP contribution in [-0.4, -0.2) is 124 Å². The second-order valence-corrected chi connectivity index (χ2v) is 21.1. The van der Waals surface area contributed by atoms with Crippen LogP contribution in [0.15, 0.2) is 67.4 Å². The zero-order valence-corrected chi connectivity index (χ0v) is 39.4. The molecule has 6 heterocycles. The Labute approximate surface area is 395 Å². The molecule has 28 heteroatoms. The summed E-state index contributed by atoms with van der Waals surface area (Å²) in [5, 5.41) is 15.1. The van der Waals surface area contributed by atoms with Crippen LogP contribution in [0.3, 0.4) is 0 Å². The van der Waals surface area contributed by atoms with Gasteiger partial charge in [0.2, 0.25) is 37.6 Å². The van der Waals surface area contributed by atoms with E-state index in [0.29, 0.717) is 41.8 Å². The van der Waals surface area contributed by atoms with Crippen molar-refractivity contribution < 1.29 is 48.2 Å². The summed E-state index contributed by atoms with van der Waals surface area (Å²) in [5.41, 5.74) is -0.925. The van der Waals surface area contributed by atoms with E-state index in [2.05, 4.69) is 30.5 Å². The smallest absolute Gasteiger partial charge is 0.316 e. The normalized spacial score (nSPS) is 16.6. The molecule has 1 aliphatic carbocycles. The molecule has 2 aromatic carbocycles. The molecule has 0 unspecified atom stereocenters. The molecule has 3 aliphatic rings. The summed E-state index contributed by atoms with van der Waals surface area (Å²) in [5.74, 6) is -3.47. The Morgan fingerprint density at radius 2 is 1.04 bits per heavy atom. The standard InChI is InChI=1S/C23H26F2N6O5S.C18H17ClF2N6O4S/c1-15-27-20(36-28-15)13-37(33,34)30-7-5-29(6-8-30)19-12-26-31(18-10-16(24)9-17(25)11-18)22(32)21(19)35-14-23(2)3-4-23;1-11-23-16(31-24-11)10-32(29,30)26-4-2-25(3-5-26)15-9-22-27(18(28)17(15)19)14-7-12(20)6-13(21)8-14/h9-12H,3-8,13-14H2,1-2H3;6-9H,2-5,10H2,1H3. The molecule has 368 valence electrons. The van der Waals surface area contributed by atoms with Gasteiger partial charge < -0.3 is 23.6 Å². The second-order valence-electron chi connectivity index (χ2n) is 16.7. The van der Waals surface area contributed by atoms with Crippen molar-refractivity contribution >= 4 is 43.0 Å². The SMILES string of the molecule is Cc1noc(CS(=O)(=O)N2CCN(c3cnn(-c4cc(F)cc(F)c4)c(=O)c3Cl)CC2)n1.Cc1noc(CS(=O)(=O)N2CCN(c3cnn(-c4cc(F)cc(F)c4)c(=O)c3OCC3(C)CC3)CC2)n1. The minimum absolute atomic E-state index is 0.00503. The minimum Gasteiger partial charge on any atom is -0.486 e. The van der Waals surface area contributed by atoms with Gasteiger partial charge in [0.15, 0.2) is 11.6 Å². The largest absolute Gasteiger partial charge is 0.486 e. The van der Waals surface area contributed by atoms with E-state index in [1.807, 2.05) is 11.8 Å². The van der Waals surface area contributed by atoms with Crippen LogP contribution in [0.5, 0.6) is 5.75 Å². The molecule has 21 nitrogen and oxygen atoms in total. The molecule has 6 aromatic rings. The van der Waals surface area contributed by atoms with Crippen LogP contribution in [0.4, 0.5) is 28.9 Å². The molecule has 0 spiro atoms. The topological polar surface area (TPSA) is 238 Å². The zero-order valence-electron chi connectivity index (χ0n) is 37.1. The maximum atomic E-state index is 13.8. The van der Waals surface area contributed by atoms with Crippen LogP contribution in [-0.2, 0) is 31.6 Å². The van der Waals surface area contributed by atoms with E-state index < -0.39 is 65.9 Å². The summed E-state index contributed by atoms with van der Waals surface area (Å²) in [6, 6.07) is 5.33. The van der Waals surface area contributed by atoms with Crippen LogP contribution in [0.1, 0.15) is 43.2 Å². The Morgan fingerprint density at radius 1 is 0.638 bits per heavy atom. The lowest BCUT2D eigenvalue weighted by molar-refractivity contribution is 0.242. The molecule has 3 fully saturated rings. The zero-order chi connectivity index (χ0) is 49.4. The van der Waals surface area contributed by atoms with Gasteiger partial charge in [-0.25, -0.2) is 34.4 Å². The number of halogens is 5. The highest BCUT2D eigenvalue weighted by Crippen LogP contribution is 2.45. The maximum Gasteiger partial charge on any atom is 0.316 e. The minimum atomic E-state index is -3.69. The summed E-state index contributed by atoms with van der Waals surface area (Å²) in [6.45, 7) is 7.19. The average Bonchev–Trinajstić information content (AvgIpc) is 3.67. The van der Waals surface area contributed by atoms with Gasteiger partial charge >= 0.3 is 5.56 Å². The van der Waals surface area contributed by atoms with Crippen molar-refractivity contribution in [2.24, 2.45) is 5.41 Å². The van der Waals surface area contributed by atoms with Gasteiger partial charge in [0, 0.05) is 69.9 Å². The Morgan fingerprint density at radius 3 is 1.45 bits per heavy atom. The van der Waals surface area contributed by atoms with Crippen LogP contribution in [0, 0.1) is 42.5 Å². The number of rotatable bonds is 13. The summed E-state index contributed by atoms with van der Waals surface area (Å²) < 4.78 is 126. The number of aryl methyl sites for hydroxylation is 2. The first-order valence-corrected chi connectivity index (χ1v) is 24.8. The van der Waals surface area contributed by atoms with Crippen LogP contribution >= 0.6 is 11.6 Å². The molecule has 4 aromatic heterocycles. The third-order valence-electron chi connectivity index (χ3n) is 11.4. The summed E-state index contributed by atoms with van der Waals surface area (Å²) in [7, 11) is -7.37. The maximum absolute atomic E-state index is 13.8. The fraction of sp³-hybridized carbons (Fsp3) is 0.415. The highest BCUT2D eigenvalue weighted by atomic mass is 35.5. The van der Waals surface area contributed by atoms with Gasteiger partial charge in [-0.3, -0.25) is 9.59 Å². The van der Waals surface area contributed by atoms with Gasteiger partial charge in [0.1, 0.15) is 45.5 Å². The molecule has 0 bridgehead atoms. The van der Waals surface area contributed by atoms with E-state index in [0.717, 1.165) is 46.5 Å². The molecular weight excluding hydrogens is 980 g/mol. The molecule has 0 radical (unpaired) electrons. The predicted octanol–water partition coefficient (Wildman–Crippen LogP) is 3.54. The van der Waals surface area contributed by atoms with E-state index in [-0.39, 0.29) is 91.7 Å². The number of ether oxygens (including phenoxy) is 1. The Balaban J connectivity index is 0.000000188. The number of anilines is 2. The molecule has 2 saturated heterocycles. The number of sulfonamides is 2. The lowest BCUT2D eigenvalue weighted by Gasteiger charge is -2.35. The van der Waals surface area contributed by atoms with E-state index in [1.54, 1.807) is 18.7 Å². The van der Waals surface area contributed by atoms with E-state index in [1.165, 1.54) is 21.0 Å². The lowest BCUT2D eigenvalue weighted by Crippen LogP contribution is -2.49. The third kappa shape index (κ3) is 11.4. The molecule has 1 saturated carbocycles. The molecule has 0 N–H and O–H groups in total. The fourth-order valence-electron chi connectivity index (χ4n) is 7.44. The first-order chi connectivity index (χ1) is 32.7. The molecular formula is C41H43ClF4N12O9S2. The number of nitrogens with zero attached hydrogens (tertiary/aromatic N) is 12. The molecule has 0 amide bonds. The Bertz CT molecular complexity index is 3190. The molecule has 69 heavy (non-hydrogen) atoms. The number of piperazine rings is 2. The summed E-state index contributed by atoms with van der Waals surface area (Å²) in [6.07, 6.45) is 4.64. The van der Waals surface area contributed by atoms with Gasteiger partial charge in [0.05, 0.1) is 36.1 Å². The van der Waals surface area contributed by atoms with Crippen LogP contribution in [0.25, 0.3) is 11.4 Å². The first-order valence-electron chi connectivity index (χ1n) is 21.2. The van der Waals surface area contributed by atoms with Crippen molar-refractivity contribution in [2.45, 2.75) is 45.1 Å². The molecule has 0 atom stereocenters. The van der Waals surface area contributed by atoms with Crippen molar-refractivity contribution in [1.29, 1.82) is 0 Å². The number of hydrogen-bond donors (Lipinski definition) is 0. The predicted molar refractivity (Wildman–Crippen MR) is 238 cm³/mol. The average molecular weight is 1020 g/mol. The first kappa shape index (κ1) is 49.1. The van der Waals surface area contributed by atoms with Gasteiger partial charge in [-0.1, -0.05) is 28.8 Å². The van der Waals surface area contributed by atoms with E-state index >= 15 is 0 Å². The van der Waals surface area contributed by atoms with Gasteiger partial charge in [0.25, 0.3) is 5.56 Å². The summed E-state index contributed by atoms with van der Waals surface area (Å²) >= 11 is 6.24. The van der Waals surface area contributed by atoms with Crippen molar-refractivity contribution in [3.63, 3.8) is 0 Å². The monoisotopic (exact) mass is 1020 g/mol. The highest BCUT2D eigenvalue weighted by Gasteiger charge is 2.39. The fourth-order valence-corrected chi connectivity index (χ4v) is 10.3. The van der Waals surface area contributed by atoms with Crippen molar-refractivity contribution in [1.82, 2.24) is 48.5 Å². The van der Waals surface area contributed by atoms with Crippen molar-refractivity contribution in [3.05, 3.63) is 121 Å². The van der Waals surface area contributed by atoms with Crippen LogP contribution < -0.4 is 25.7 Å². The number of aromatic nitrogens is 8. The van der Waals surface area contributed by atoms with E-state index in [9.17, 15) is 44.0 Å². The molecule has 9 rings (SSSR count).